The van der Waals surface area contributed by atoms with E-state index in [1.807, 2.05) is 42.5 Å². The first-order chi connectivity index (χ1) is 13.1. The van der Waals surface area contributed by atoms with Gasteiger partial charge in [-0.2, -0.15) is 4.99 Å². The molecule has 7 nitrogen and oxygen atoms in total. The second kappa shape index (κ2) is 6.75. The summed E-state index contributed by atoms with van der Waals surface area (Å²) in [4.78, 5) is 30.6. The number of ether oxygens (including phenoxy) is 2. The summed E-state index contributed by atoms with van der Waals surface area (Å²) in [5.74, 6) is 1.17. The standard InChI is InChI=1S/C20H19N3O4/c1-26-15-9-8-12(10-16(15)27-2)14-11-17(24)21-19-18(14)23(20(25)22-19)13-6-4-3-5-7-13/h3-10,14,18H,11H2,1-2H3,(H,21,22,24,25)/t14-,18+/m0/s1. The Morgan fingerprint density at radius 1 is 1.04 bits per heavy atom. The van der Waals surface area contributed by atoms with Crippen LogP contribution < -0.4 is 19.7 Å². The minimum atomic E-state index is -0.381. The zero-order valence-electron chi connectivity index (χ0n) is 15.0. The van der Waals surface area contributed by atoms with Crippen molar-refractivity contribution in [3.63, 3.8) is 0 Å². The maximum Gasteiger partial charge on any atom is 0.350 e. The van der Waals surface area contributed by atoms with Gasteiger partial charge in [0.2, 0.25) is 5.91 Å². The molecular weight excluding hydrogens is 346 g/mol. The number of anilines is 1. The van der Waals surface area contributed by atoms with E-state index in [-0.39, 0.29) is 30.3 Å². The third-order valence-electron chi connectivity index (χ3n) is 4.90. The third-order valence-corrected chi connectivity index (χ3v) is 4.90. The molecule has 0 bridgehead atoms. The van der Waals surface area contributed by atoms with Crippen LogP contribution in [0.15, 0.2) is 53.5 Å². The van der Waals surface area contributed by atoms with Crippen LogP contribution in [-0.2, 0) is 4.79 Å². The van der Waals surface area contributed by atoms with Gasteiger partial charge in [-0.15, -0.1) is 0 Å². The Kier molecular flexibility index (Phi) is 4.27. The maximum atomic E-state index is 12.6. The lowest BCUT2D eigenvalue weighted by Gasteiger charge is -2.35. The second-order valence-electron chi connectivity index (χ2n) is 6.40. The van der Waals surface area contributed by atoms with Crippen molar-refractivity contribution in [1.82, 2.24) is 5.32 Å². The van der Waals surface area contributed by atoms with Gasteiger partial charge in [0.15, 0.2) is 11.5 Å². The van der Waals surface area contributed by atoms with Gasteiger partial charge in [-0.05, 0) is 29.8 Å². The predicted octanol–water partition coefficient (Wildman–Crippen LogP) is 2.71. The number of methoxy groups -OCH3 is 2. The number of amides is 3. The van der Waals surface area contributed by atoms with Gasteiger partial charge in [0.25, 0.3) is 0 Å². The summed E-state index contributed by atoms with van der Waals surface area (Å²) in [7, 11) is 3.14. The fourth-order valence-electron chi connectivity index (χ4n) is 3.69. The van der Waals surface area contributed by atoms with Crippen LogP contribution in [0.1, 0.15) is 17.9 Å². The highest BCUT2D eigenvalue weighted by molar-refractivity contribution is 6.18. The fourth-order valence-corrected chi connectivity index (χ4v) is 3.69. The molecule has 0 radical (unpaired) electrons. The van der Waals surface area contributed by atoms with E-state index in [4.69, 9.17) is 9.47 Å². The topological polar surface area (TPSA) is 80.2 Å². The molecular formula is C20H19N3O4. The number of piperidine rings is 1. The molecule has 0 spiro atoms. The molecule has 2 aromatic rings. The summed E-state index contributed by atoms with van der Waals surface area (Å²) in [5, 5.41) is 2.75. The molecule has 138 valence electrons. The molecule has 1 N–H and O–H groups in total. The number of carbonyl (C=O) groups excluding carboxylic acids is 2. The molecule has 4 rings (SSSR count). The van der Waals surface area contributed by atoms with Crippen molar-refractivity contribution in [3.05, 3.63) is 54.1 Å². The molecule has 1 fully saturated rings. The van der Waals surface area contributed by atoms with Gasteiger partial charge in [-0.3, -0.25) is 9.69 Å². The molecule has 3 amide bonds. The summed E-state index contributed by atoms with van der Waals surface area (Å²) in [6.07, 6.45) is 0.246. The number of amidine groups is 1. The van der Waals surface area contributed by atoms with Gasteiger partial charge < -0.3 is 14.8 Å². The Balaban J connectivity index is 1.78. The monoisotopic (exact) mass is 365 g/mol. The molecule has 27 heavy (non-hydrogen) atoms. The number of aliphatic imine (C=N–C) groups is 1. The summed E-state index contributed by atoms with van der Waals surface area (Å²) in [5.41, 5.74) is 1.63. The first-order valence-corrected chi connectivity index (χ1v) is 8.61. The number of fused-ring (bicyclic) bond motifs is 1. The van der Waals surface area contributed by atoms with Crippen LogP contribution in [0.25, 0.3) is 0 Å². The molecule has 2 heterocycles. The highest BCUT2D eigenvalue weighted by atomic mass is 16.5. The normalized spacial score (nSPS) is 21.4. The molecule has 0 aliphatic carbocycles. The van der Waals surface area contributed by atoms with Crippen molar-refractivity contribution >= 4 is 23.5 Å². The molecule has 1 saturated heterocycles. The second-order valence-corrected chi connectivity index (χ2v) is 6.40. The lowest BCUT2D eigenvalue weighted by molar-refractivity contribution is -0.120. The Labute approximate surface area is 156 Å². The van der Waals surface area contributed by atoms with E-state index in [1.54, 1.807) is 25.2 Å². The van der Waals surface area contributed by atoms with E-state index < -0.39 is 0 Å². The summed E-state index contributed by atoms with van der Waals surface area (Å²) in [6.45, 7) is 0. The van der Waals surface area contributed by atoms with E-state index >= 15 is 0 Å². The van der Waals surface area contributed by atoms with Gasteiger partial charge in [0, 0.05) is 18.0 Å². The lowest BCUT2D eigenvalue weighted by atomic mass is 9.84. The van der Waals surface area contributed by atoms with E-state index in [9.17, 15) is 9.59 Å². The molecule has 2 aliphatic heterocycles. The van der Waals surface area contributed by atoms with Crippen molar-refractivity contribution in [2.24, 2.45) is 4.99 Å². The molecule has 2 aliphatic rings. The van der Waals surface area contributed by atoms with E-state index in [0.29, 0.717) is 17.3 Å². The van der Waals surface area contributed by atoms with Gasteiger partial charge >= 0.3 is 6.03 Å². The zero-order chi connectivity index (χ0) is 19.0. The van der Waals surface area contributed by atoms with Gasteiger partial charge in [-0.25, -0.2) is 4.79 Å². The first-order valence-electron chi connectivity index (χ1n) is 8.61. The number of benzene rings is 2. The van der Waals surface area contributed by atoms with Gasteiger partial charge in [-0.1, -0.05) is 24.3 Å². The number of nitrogens with one attached hydrogen (secondary N) is 1. The van der Waals surface area contributed by atoms with Gasteiger partial charge in [0.1, 0.15) is 11.9 Å². The number of para-hydroxylation sites is 1. The zero-order valence-corrected chi connectivity index (χ0v) is 15.0. The number of urea groups is 1. The quantitative estimate of drug-likeness (QED) is 0.903. The van der Waals surface area contributed by atoms with Crippen LogP contribution in [0.2, 0.25) is 0 Å². The average molecular weight is 365 g/mol. The third kappa shape index (κ3) is 2.91. The minimum Gasteiger partial charge on any atom is -0.493 e. The number of carbonyl (C=O) groups is 2. The minimum absolute atomic E-state index is 0.160. The van der Waals surface area contributed by atoms with Crippen LogP contribution in [0.5, 0.6) is 11.5 Å². The lowest BCUT2D eigenvalue weighted by Crippen LogP contribution is -2.53. The van der Waals surface area contributed by atoms with Crippen molar-refractivity contribution in [3.8, 4) is 11.5 Å². The number of rotatable bonds is 4. The molecule has 0 aromatic heterocycles. The summed E-state index contributed by atoms with van der Waals surface area (Å²) < 4.78 is 10.7. The maximum absolute atomic E-state index is 12.6. The SMILES string of the molecule is COc1ccc([C@@H]2CC(=O)NC3=NC(=O)N(c4ccccc4)[C@@H]32)cc1OC. The van der Waals surface area contributed by atoms with Crippen molar-refractivity contribution in [2.45, 2.75) is 18.4 Å². The number of hydrogen-bond acceptors (Lipinski definition) is 4. The summed E-state index contributed by atoms with van der Waals surface area (Å²) in [6, 6.07) is 14.1. The predicted molar refractivity (Wildman–Crippen MR) is 101 cm³/mol. The van der Waals surface area contributed by atoms with Crippen LogP contribution in [0.3, 0.4) is 0 Å². The Morgan fingerprint density at radius 2 is 1.78 bits per heavy atom. The Morgan fingerprint density at radius 3 is 2.48 bits per heavy atom. The first kappa shape index (κ1) is 17.1. The smallest absolute Gasteiger partial charge is 0.350 e. The fraction of sp³-hybridized carbons (Fsp3) is 0.250. The van der Waals surface area contributed by atoms with Crippen molar-refractivity contribution in [2.75, 3.05) is 19.1 Å². The van der Waals surface area contributed by atoms with E-state index in [2.05, 4.69) is 10.3 Å². The van der Waals surface area contributed by atoms with Crippen LogP contribution >= 0.6 is 0 Å². The number of hydrogen-bond donors (Lipinski definition) is 1. The van der Waals surface area contributed by atoms with E-state index in [0.717, 1.165) is 11.3 Å². The van der Waals surface area contributed by atoms with Crippen LogP contribution in [-0.4, -0.2) is 38.0 Å². The summed E-state index contributed by atoms with van der Waals surface area (Å²) >= 11 is 0. The highest BCUT2D eigenvalue weighted by Crippen LogP contribution is 2.39. The average Bonchev–Trinajstić information content (AvgIpc) is 3.02. The van der Waals surface area contributed by atoms with Crippen molar-refractivity contribution < 1.29 is 19.1 Å². The number of nitrogens with zero attached hydrogens (tertiary/aromatic N) is 2. The van der Waals surface area contributed by atoms with Crippen LogP contribution in [0, 0.1) is 0 Å². The Hall–Kier alpha value is -3.35. The Bertz CT molecular complexity index is 926. The molecule has 0 saturated carbocycles. The largest absolute Gasteiger partial charge is 0.493 e. The molecule has 2 atom stereocenters. The highest BCUT2D eigenvalue weighted by Gasteiger charge is 2.46. The molecule has 7 heteroatoms. The van der Waals surface area contributed by atoms with Gasteiger partial charge in [0.05, 0.1) is 14.2 Å². The molecule has 2 aromatic carbocycles. The van der Waals surface area contributed by atoms with Crippen LogP contribution in [0.4, 0.5) is 10.5 Å². The van der Waals surface area contributed by atoms with E-state index in [1.165, 1.54) is 0 Å². The van der Waals surface area contributed by atoms with Crippen molar-refractivity contribution in [1.29, 1.82) is 0 Å². The molecule has 0 unspecified atom stereocenters.